The van der Waals surface area contributed by atoms with E-state index in [0.717, 1.165) is 51.3 Å². The van der Waals surface area contributed by atoms with E-state index < -0.39 is 6.10 Å². The minimum absolute atomic E-state index is 0.0532. The van der Waals surface area contributed by atoms with E-state index in [1.54, 1.807) is 7.11 Å². The first-order chi connectivity index (χ1) is 10.1. The van der Waals surface area contributed by atoms with Crippen LogP contribution in [0.5, 0.6) is 0 Å². The van der Waals surface area contributed by atoms with Gasteiger partial charge in [0.15, 0.2) is 0 Å². The number of carbonyl (C=O) groups is 1. The lowest BCUT2D eigenvalue weighted by molar-refractivity contribution is -0.141. The Kier molecular flexibility index (Phi) is 5.99. The highest BCUT2D eigenvalue weighted by Gasteiger charge is 2.30. The van der Waals surface area contributed by atoms with Crippen LogP contribution in [0.1, 0.15) is 26.2 Å². The number of methoxy groups -OCH3 is 1. The summed E-state index contributed by atoms with van der Waals surface area (Å²) in [5.74, 6) is 0.638. The molecule has 2 heterocycles. The Morgan fingerprint density at radius 1 is 1.48 bits per heavy atom. The number of oxime groups is 1. The molecule has 6 nitrogen and oxygen atoms in total. The van der Waals surface area contributed by atoms with Crippen molar-refractivity contribution in [1.82, 2.24) is 9.80 Å². The average molecular weight is 297 g/mol. The van der Waals surface area contributed by atoms with Crippen molar-refractivity contribution in [2.24, 2.45) is 11.1 Å². The zero-order valence-electron chi connectivity index (χ0n) is 13.4. The summed E-state index contributed by atoms with van der Waals surface area (Å²) < 4.78 is 5.11. The van der Waals surface area contributed by atoms with E-state index in [1.807, 2.05) is 18.9 Å². The third kappa shape index (κ3) is 4.68. The van der Waals surface area contributed by atoms with Gasteiger partial charge in [0, 0.05) is 33.7 Å². The quantitative estimate of drug-likeness (QED) is 0.733. The molecular formula is C15H27N3O3. The lowest BCUT2D eigenvalue weighted by Crippen LogP contribution is -2.43. The number of rotatable bonds is 6. The monoisotopic (exact) mass is 297 g/mol. The van der Waals surface area contributed by atoms with E-state index in [1.165, 1.54) is 0 Å². The fourth-order valence-electron chi connectivity index (χ4n) is 2.96. The number of likely N-dealkylation sites (N-methyl/N-ethyl adjacent to an activating group) is 1. The summed E-state index contributed by atoms with van der Waals surface area (Å²) in [5, 5.41) is 3.86. The van der Waals surface area contributed by atoms with Crippen LogP contribution in [0.4, 0.5) is 0 Å². The highest BCUT2D eigenvalue weighted by Crippen LogP contribution is 2.19. The first-order valence-corrected chi connectivity index (χ1v) is 7.75. The molecule has 0 unspecified atom stereocenters. The molecule has 0 aliphatic carbocycles. The molecule has 6 heteroatoms. The Hall–Kier alpha value is -1.14. The summed E-state index contributed by atoms with van der Waals surface area (Å²) in [6.45, 7) is 6.70. The summed E-state index contributed by atoms with van der Waals surface area (Å²) in [7, 11) is 3.61. The number of carbonyl (C=O) groups excluding carboxylic acids is 1. The van der Waals surface area contributed by atoms with Gasteiger partial charge in [-0.2, -0.15) is 0 Å². The van der Waals surface area contributed by atoms with Gasteiger partial charge in [-0.05, 0) is 38.8 Å². The molecular weight excluding hydrogens is 270 g/mol. The molecule has 2 aliphatic rings. The maximum absolute atomic E-state index is 12.3. The van der Waals surface area contributed by atoms with Crippen LogP contribution in [0.3, 0.4) is 0 Å². The number of amides is 1. The molecule has 1 amide bonds. The number of likely N-dealkylation sites (tertiary alicyclic amines) is 1. The molecule has 0 bridgehead atoms. The number of ether oxygens (including phenoxy) is 1. The van der Waals surface area contributed by atoms with E-state index in [9.17, 15) is 4.79 Å². The van der Waals surface area contributed by atoms with Crippen molar-refractivity contribution in [3.05, 3.63) is 0 Å². The van der Waals surface area contributed by atoms with Crippen LogP contribution in [0, 0.1) is 5.92 Å². The summed E-state index contributed by atoms with van der Waals surface area (Å²) in [5.41, 5.74) is 0.896. The van der Waals surface area contributed by atoms with Gasteiger partial charge in [-0.3, -0.25) is 4.79 Å². The second kappa shape index (κ2) is 7.75. The third-order valence-corrected chi connectivity index (χ3v) is 4.32. The smallest absolute Gasteiger partial charge is 0.266 e. The second-order valence-electron chi connectivity index (χ2n) is 6.12. The molecule has 0 radical (unpaired) electrons. The van der Waals surface area contributed by atoms with E-state index in [-0.39, 0.29) is 5.91 Å². The molecule has 0 saturated carbocycles. The summed E-state index contributed by atoms with van der Waals surface area (Å²) in [6, 6.07) is 0. The number of hydrogen-bond acceptors (Lipinski definition) is 5. The van der Waals surface area contributed by atoms with Gasteiger partial charge in [0.1, 0.15) is 0 Å². The molecule has 1 atom stereocenters. The minimum Gasteiger partial charge on any atom is -0.383 e. The molecule has 2 rings (SSSR count). The molecule has 0 aromatic rings. The lowest BCUT2D eigenvalue weighted by Gasteiger charge is -2.34. The fraction of sp³-hybridized carbons (Fsp3) is 0.867. The van der Waals surface area contributed by atoms with Crippen molar-refractivity contribution in [3.63, 3.8) is 0 Å². The molecule has 1 saturated heterocycles. The van der Waals surface area contributed by atoms with Crippen LogP contribution in [0.15, 0.2) is 5.16 Å². The Morgan fingerprint density at radius 3 is 2.76 bits per heavy atom. The van der Waals surface area contributed by atoms with Crippen molar-refractivity contribution < 1.29 is 14.4 Å². The molecule has 2 aliphatic heterocycles. The highest BCUT2D eigenvalue weighted by atomic mass is 16.6. The van der Waals surface area contributed by atoms with Crippen molar-refractivity contribution in [3.8, 4) is 0 Å². The fourth-order valence-corrected chi connectivity index (χ4v) is 2.96. The molecule has 0 aromatic heterocycles. The summed E-state index contributed by atoms with van der Waals surface area (Å²) in [4.78, 5) is 21.7. The molecule has 21 heavy (non-hydrogen) atoms. The summed E-state index contributed by atoms with van der Waals surface area (Å²) in [6.07, 6.45) is 2.50. The molecule has 0 spiro atoms. The van der Waals surface area contributed by atoms with Gasteiger partial charge in [-0.1, -0.05) is 5.16 Å². The number of nitrogens with zero attached hydrogens (tertiary/aromatic N) is 3. The van der Waals surface area contributed by atoms with E-state index in [2.05, 4.69) is 10.1 Å². The minimum atomic E-state index is -0.406. The van der Waals surface area contributed by atoms with Gasteiger partial charge >= 0.3 is 0 Å². The van der Waals surface area contributed by atoms with Crippen LogP contribution in [-0.4, -0.2) is 74.5 Å². The zero-order chi connectivity index (χ0) is 15.2. The molecule has 120 valence electrons. The van der Waals surface area contributed by atoms with Gasteiger partial charge in [0.25, 0.3) is 5.91 Å². The highest BCUT2D eigenvalue weighted by molar-refractivity contribution is 5.91. The SMILES string of the molecule is COCCN1CCC(CN(C)C(=O)[C@@H]2CC(C)=NO2)CC1. The first-order valence-electron chi connectivity index (χ1n) is 7.75. The van der Waals surface area contributed by atoms with E-state index in [4.69, 9.17) is 9.57 Å². The second-order valence-corrected chi connectivity index (χ2v) is 6.12. The Morgan fingerprint density at radius 2 is 2.19 bits per heavy atom. The van der Waals surface area contributed by atoms with Gasteiger partial charge in [0.05, 0.1) is 12.3 Å². The number of piperidine rings is 1. The Balaban J connectivity index is 1.69. The van der Waals surface area contributed by atoms with Crippen LogP contribution in [-0.2, 0) is 14.4 Å². The van der Waals surface area contributed by atoms with Crippen molar-refractivity contribution >= 4 is 11.6 Å². The van der Waals surface area contributed by atoms with Crippen LogP contribution < -0.4 is 0 Å². The van der Waals surface area contributed by atoms with E-state index in [0.29, 0.717) is 12.3 Å². The molecule has 0 N–H and O–H groups in total. The predicted octanol–water partition coefficient (Wildman–Crippen LogP) is 0.968. The van der Waals surface area contributed by atoms with Crippen LogP contribution in [0.25, 0.3) is 0 Å². The average Bonchev–Trinajstić information content (AvgIpc) is 2.92. The van der Waals surface area contributed by atoms with Crippen molar-refractivity contribution in [1.29, 1.82) is 0 Å². The Labute approximate surface area is 127 Å². The first kappa shape index (κ1) is 16.2. The molecule has 1 fully saturated rings. The topological polar surface area (TPSA) is 54.4 Å². The Bertz CT molecular complexity index is 378. The predicted molar refractivity (Wildman–Crippen MR) is 81.3 cm³/mol. The van der Waals surface area contributed by atoms with Gasteiger partial charge in [0.2, 0.25) is 6.10 Å². The summed E-state index contributed by atoms with van der Waals surface area (Å²) >= 11 is 0. The van der Waals surface area contributed by atoms with Crippen LogP contribution in [0.2, 0.25) is 0 Å². The van der Waals surface area contributed by atoms with Crippen LogP contribution >= 0.6 is 0 Å². The maximum Gasteiger partial charge on any atom is 0.266 e. The lowest BCUT2D eigenvalue weighted by atomic mass is 9.96. The van der Waals surface area contributed by atoms with Gasteiger partial charge in [-0.15, -0.1) is 0 Å². The maximum atomic E-state index is 12.3. The normalized spacial score (nSPS) is 23.8. The largest absolute Gasteiger partial charge is 0.383 e. The van der Waals surface area contributed by atoms with Gasteiger partial charge < -0.3 is 19.4 Å². The van der Waals surface area contributed by atoms with Crippen molar-refractivity contribution in [2.45, 2.75) is 32.3 Å². The number of hydrogen-bond donors (Lipinski definition) is 0. The standard InChI is InChI=1S/C15H27N3O3/c1-12-10-14(21-16-12)15(19)17(2)11-13-4-6-18(7-5-13)8-9-20-3/h13-14H,4-11H2,1-3H3/t14-/m0/s1. The third-order valence-electron chi connectivity index (χ3n) is 4.32. The van der Waals surface area contributed by atoms with E-state index >= 15 is 0 Å². The van der Waals surface area contributed by atoms with Gasteiger partial charge in [-0.25, -0.2) is 0 Å². The molecule has 0 aromatic carbocycles. The zero-order valence-corrected chi connectivity index (χ0v) is 13.4. The van der Waals surface area contributed by atoms with Crippen molar-refractivity contribution in [2.75, 3.05) is 46.9 Å².